The first kappa shape index (κ1) is 13.3. The molecule has 0 fully saturated rings. The van der Waals surface area contributed by atoms with Crippen molar-refractivity contribution in [3.05, 3.63) is 36.7 Å². The molecule has 92 valence electrons. The topological polar surface area (TPSA) is 29.9 Å². The largest absolute Gasteiger partial charge is 0.308 e. The first-order chi connectivity index (χ1) is 8.08. The molecule has 0 atom stereocenters. The van der Waals surface area contributed by atoms with E-state index >= 15 is 0 Å². The normalized spacial score (nSPS) is 11.1. The zero-order chi connectivity index (χ0) is 12.4. The number of aryl methyl sites for hydroxylation is 1. The van der Waals surface area contributed by atoms with E-state index in [9.17, 15) is 0 Å². The fourth-order valence-electron chi connectivity index (χ4n) is 1.52. The Hall–Kier alpha value is -0.170. The van der Waals surface area contributed by atoms with Crippen molar-refractivity contribution < 1.29 is 0 Å². The first-order valence-corrected chi connectivity index (χ1v) is 7.60. The lowest BCUT2D eigenvalue weighted by molar-refractivity contribution is 0.691. The maximum absolute atomic E-state index is 4.22. The van der Waals surface area contributed by atoms with Gasteiger partial charge in [0.1, 0.15) is 0 Å². The van der Waals surface area contributed by atoms with Crippen molar-refractivity contribution in [1.82, 2.24) is 15.1 Å². The second kappa shape index (κ2) is 5.65. The Balaban J connectivity index is 1.89. The van der Waals surface area contributed by atoms with Crippen LogP contribution in [0.4, 0.5) is 0 Å². The lowest BCUT2D eigenvalue weighted by Gasteiger charge is -2.02. The van der Waals surface area contributed by atoms with Crippen molar-refractivity contribution in [2.75, 3.05) is 0 Å². The highest BCUT2D eigenvalue weighted by atomic mass is 79.9. The zero-order valence-electron chi connectivity index (χ0n) is 9.63. The van der Waals surface area contributed by atoms with Gasteiger partial charge in [0.25, 0.3) is 0 Å². The van der Waals surface area contributed by atoms with Gasteiger partial charge in [0.15, 0.2) is 0 Å². The van der Waals surface area contributed by atoms with Gasteiger partial charge in [-0.2, -0.15) is 5.10 Å². The van der Waals surface area contributed by atoms with Gasteiger partial charge in [-0.1, -0.05) is 0 Å². The molecule has 0 amide bonds. The molecule has 0 spiro atoms. The van der Waals surface area contributed by atoms with E-state index in [1.807, 2.05) is 17.9 Å². The summed E-state index contributed by atoms with van der Waals surface area (Å²) in [6, 6.07) is 2.14. The highest BCUT2D eigenvalue weighted by Gasteiger charge is 2.05. The average Bonchev–Trinajstić information content (AvgIpc) is 2.76. The third-order valence-electron chi connectivity index (χ3n) is 2.65. The van der Waals surface area contributed by atoms with Gasteiger partial charge < -0.3 is 5.32 Å². The SMILES string of the molecule is Cc1c(CNCc2cc(Br)c(Br)s2)cnn1C. The molecule has 6 heteroatoms. The molecule has 0 aromatic carbocycles. The Morgan fingerprint density at radius 3 is 2.71 bits per heavy atom. The Labute approximate surface area is 121 Å². The van der Waals surface area contributed by atoms with Crippen LogP contribution in [0.25, 0.3) is 0 Å². The van der Waals surface area contributed by atoms with Crippen LogP contribution >= 0.6 is 43.2 Å². The number of hydrogen-bond acceptors (Lipinski definition) is 3. The zero-order valence-corrected chi connectivity index (χ0v) is 13.6. The fourth-order valence-corrected chi connectivity index (χ4v) is 3.66. The van der Waals surface area contributed by atoms with Crippen molar-refractivity contribution in [3.63, 3.8) is 0 Å². The van der Waals surface area contributed by atoms with Gasteiger partial charge in [0.05, 0.1) is 9.98 Å². The molecule has 0 radical (unpaired) electrons. The van der Waals surface area contributed by atoms with Gasteiger partial charge in [-0.3, -0.25) is 4.68 Å². The number of aromatic nitrogens is 2. The lowest BCUT2D eigenvalue weighted by atomic mass is 10.2. The summed E-state index contributed by atoms with van der Waals surface area (Å²) in [6.45, 7) is 3.82. The van der Waals surface area contributed by atoms with E-state index in [4.69, 9.17) is 0 Å². The summed E-state index contributed by atoms with van der Waals surface area (Å²) in [7, 11) is 1.96. The molecule has 2 aromatic heterocycles. The standard InChI is InChI=1S/C11H13Br2N3S/c1-7-8(5-15-16(7)2)4-14-6-9-3-10(12)11(13)17-9/h3,5,14H,4,6H2,1-2H3. The molecule has 3 nitrogen and oxygen atoms in total. The molecule has 0 unspecified atom stereocenters. The van der Waals surface area contributed by atoms with Crippen molar-refractivity contribution >= 4 is 43.2 Å². The van der Waals surface area contributed by atoms with Crippen LogP contribution in [0.5, 0.6) is 0 Å². The summed E-state index contributed by atoms with van der Waals surface area (Å²) < 4.78 is 4.17. The van der Waals surface area contributed by atoms with Gasteiger partial charge in [-0.15, -0.1) is 11.3 Å². The number of rotatable bonds is 4. The summed E-state index contributed by atoms with van der Waals surface area (Å²) >= 11 is 8.73. The molecule has 0 bridgehead atoms. The van der Waals surface area contributed by atoms with Crippen LogP contribution in [0.1, 0.15) is 16.1 Å². The van der Waals surface area contributed by atoms with Gasteiger partial charge in [0, 0.05) is 40.7 Å². The Kier molecular flexibility index (Phi) is 4.41. The minimum atomic E-state index is 0.854. The van der Waals surface area contributed by atoms with Crippen LogP contribution in [0.15, 0.2) is 20.5 Å². The molecule has 2 heterocycles. The van der Waals surface area contributed by atoms with Gasteiger partial charge in [-0.05, 0) is 44.8 Å². The predicted octanol–water partition coefficient (Wildman–Crippen LogP) is 3.60. The second-order valence-electron chi connectivity index (χ2n) is 3.82. The molecule has 17 heavy (non-hydrogen) atoms. The molecule has 0 aliphatic rings. The summed E-state index contributed by atoms with van der Waals surface area (Å²) in [5.41, 5.74) is 2.47. The smallest absolute Gasteiger partial charge is 0.0843 e. The Morgan fingerprint density at radius 2 is 2.18 bits per heavy atom. The maximum Gasteiger partial charge on any atom is 0.0843 e. The van der Waals surface area contributed by atoms with Gasteiger partial charge in [-0.25, -0.2) is 0 Å². The van der Waals surface area contributed by atoms with E-state index in [-0.39, 0.29) is 0 Å². The van der Waals surface area contributed by atoms with Crippen molar-refractivity contribution in [2.24, 2.45) is 7.05 Å². The molecule has 0 aliphatic heterocycles. The van der Waals surface area contributed by atoms with Crippen LogP contribution in [0.3, 0.4) is 0 Å². The summed E-state index contributed by atoms with van der Waals surface area (Å²) in [4.78, 5) is 1.31. The summed E-state index contributed by atoms with van der Waals surface area (Å²) in [5, 5.41) is 7.65. The van der Waals surface area contributed by atoms with Crippen LogP contribution in [-0.2, 0) is 20.1 Å². The second-order valence-corrected chi connectivity index (χ2v) is 7.13. The fraction of sp³-hybridized carbons (Fsp3) is 0.364. The first-order valence-electron chi connectivity index (χ1n) is 5.20. The molecule has 0 saturated heterocycles. The highest BCUT2D eigenvalue weighted by molar-refractivity contribution is 9.13. The summed E-state index contributed by atoms with van der Waals surface area (Å²) in [6.07, 6.45) is 1.92. The number of halogens is 2. The predicted molar refractivity (Wildman–Crippen MR) is 78.2 cm³/mol. The molecule has 1 N–H and O–H groups in total. The third-order valence-corrected chi connectivity index (χ3v) is 5.90. The van der Waals surface area contributed by atoms with Crippen molar-refractivity contribution in [2.45, 2.75) is 20.0 Å². The minimum absolute atomic E-state index is 0.854. The lowest BCUT2D eigenvalue weighted by Crippen LogP contribution is -2.12. The number of nitrogens with zero attached hydrogens (tertiary/aromatic N) is 2. The van der Waals surface area contributed by atoms with E-state index in [1.165, 1.54) is 16.1 Å². The Bertz CT molecular complexity index is 499. The Morgan fingerprint density at radius 1 is 1.41 bits per heavy atom. The quantitative estimate of drug-likeness (QED) is 0.880. The minimum Gasteiger partial charge on any atom is -0.308 e. The molecule has 2 aromatic rings. The summed E-state index contributed by atoms with van der Waals surface area (Å²) in [5.74, 6) is 0. The molecular formula is C11H13Br2N3S. The molecular weight excluding hydrogens is 366 g/mol. The van der Waals surface area contributed by atoms with Gasteiger partial charge in [0.2, 0.25) is 0 Å². The molecule has 0 saturated carbocycles. The number of nitrogens with one attached hydrogen (secondary N) is 1. The average molecular weight is 379 g/mol. The van der Waals surface area contributed by atoms with Gasteiger partial charge >= 0.3 is 0 Å². The van der Waals surface area contributed by atoms with E-state index in [0.717, 1.165) is 21.3 Å². The number of thiophene rings is 1. The van der Waals surface area contributed by atoms with Crippen LogP contribution < -0.4 is 5.32 Å². The molecule has 0 aliphatic carbocycles. The van der Waals surface area contributed by atoms with E-state index in [1.54, 1.807) is 11.3 Å². The van der Waals surface area contributed by atoms with Crippen molar-refractivity contribution in [1.29, 1.82) is 0 Å². The third kappa shape index (κ3) is 3.19. The van der Waals surface area contributed by atoms with Crippen LogP contribution in [0, 0.1) is 6.92 Å². The highest BCUT2D eigenvalue weighted by Crippen LogP contribution is 2.32. The monoisotopic (exact) mass is 377 g/mol. The van der Waals surface area contributed by atoms with Crippen LogP contribution in [-0.4, -0.2) is 9.78 Å². The van der Waals surface area contributed by atoms with E-state index in [0.29, 0.717) is 0 Å². The van der Waals surface area contributed by atoms with E-state index < -0.39 is 0 Å². The maximum atomic E-state index is 4.22. The van der Waals surface area contributed by atoms with E-state index in [2.05, 4.69) is 55.3 Å². The molecule has 2 rings (SSSR count). The van der Waals surface area contributed by atoms with Crippen LogP contribution in [0.2, 0.25) is 0 Å². The number of hydrogen-bond donors (Lipinski definition) is 1. The van der Waals surface area contributed by atoms with Crippen molar-refractivity contribution in [3.8, 4) is 0 Å².